The summed E-state index contributed by atoms with van der Waals surface area (Å²) < 4.78 is 0. The summed E-state index contributed by atoms with van der Waals surface area (Å²) in [6.07, 6.45) is 25.4. The molecular formula is C40H73NO8S. The van der Waals surface area contributed by atoms with E-state index in [1.54, 1.807) is 0 Å². The van der Waals surface area contributed by atoms with Crippen LogP contribution in [-0.4, -0.2) is 73.1 Å². The number of hydrogen-bond donors (Lipinski definition) is 4. The second-order valence-electron chi connectivity index (χ2n) is 14.3. The maximum absolute atomic E-state index is 13.6. The van der Waals surface area contributed by atoms with E-state index in [0.29, 0.717) is 19.3 Å². The summed E-state index contributed by atoms with van der Waals surface area (Å²) in [6, 6.07) is -1.79. The molecule has 0 bridgehead atoms. The molecule has 3 atom stereocenters. The number of ketones is 2. The third kappa shape index (κ3) is 20.3. The first kappa shape index (κ1) is 48.2. The van der Waals surface area contributed by atoms with Crippen molar-refractivity contribution >= 4 is 42.0 Å². The zero-order valence-corrected chi connectivity index (χ0v) is 32.8. The highest BCUT2D eigenvalue weighted by atomic mass is 32.1. The van der Waals surface area contributed by atoms with Crippen molar-refractivity contribution in [3.63, 3.8) is 0 Å². The first-order chi connectivity index (χ1) is 24.0. The van der Waals surface area contributed by atoms with Gasteiger partial charge in [-0.15, -0.1) is 0 Å². The minimum absolute atomic E-state index is 0.157. The molecule has 3 unspecified atom stereocenters. The summed E-state index contributed by atoms with van der Waals surface area (Å²) in [7, 11) is 0. The van der Waals surface area contributed by atoms with Gasteiger partial charge in [0.1, 0.15) is 6.04 Å². The number of aliphatic hydroxyl groups excluding tert-OH is 1. The average molecular weight is 728 g/mol. The van der Waals surface area contributed by atoms with E-state index in [4.69, 9.17) is 0 Å². The van der Waals surface area contributed by atoms with Crippen molar-refractivity contribution in [3.8, 4) is 0 Å². The zero-order chi connectivity index (χ0) is 37.6. The van der Waals surface area contributed by atoms with Gasteiger partial charge in [-0.3, -0.25) is 24.1 Å². The predicted molar refractivity (Wildman–Crippen MR) is 204 cm³/mol. The minimum Gasteiger partial charge on any atom is -0.480 e. The number of rotatable bonds is 35. The number of carboxylic acids is 1. The van der Waals surface area contributed by atoms with Crippen LogP contribution in [0.15, 0.2) is 0 Å². The van der Waals surface area contributed by atoms with Crippen molar-refractivity contribution in [2.45, 2.75) is 218 Å². The van der Waals surface area contributed by atoms with Crippen LogP contribution in [0, 0.1) is 0 Å². The molecule has 3 N–H and O–H groups in total. The van der Waals surface area contributed by atoms with Gasteiger partial charge in [0, 0.05) is 25.5 Å². The lowest BCUT2D eigenvalue weighted by Gasteiger charge is -2.35. The van der Waals surface area contributed by atoms with Gasteiger partial charge in [0.05, 0.1) is 0 Å². The molecule has 0 spiro atoms. The third-order valence-corrected chi connectivity index (χ3v) is 10.2. The van der Waals surface area contributed by atoms with Crippen molar-refractivity contribution in [3.05, 3.63) is 0 Å². The van der Waals surface area contributed by atoms with Crippen LogP contribution in [-0.2, 0) is 24.0 Å². The van der Waals surface area contributed by atoms with Gasteiger partial charge >= 0.3 is 5.97 Å². The number of carbonyl (C=O) groups is 5. The van der Waals surface area contributed by atoms with Crippen LogP contribution in [0.25, 0.3) is 0 Å². The number of carbonyl (C=O) groups excluding carboxylic acids is 4. The van der Waals surface area contributed by atoms with Gasteiger partial charge in [0.2, 0.25) is 11.5 Å². The molecule has 9 nitrogen and oxygen atoms in total. The van der Waals surface area contributed by atoms with Gasteiger partial charge < -0.3 is 15.3 Å². The fourth-order valence-electron chi connectivity index (χ4n) is 6.53. The van der Waals surface area contributed by atoms with E-state index >= 15 is 0 Å². The van der Waals surface area contributed by atoms with Crippen molar-refractivity contribution in [1.29, 1.82) is 0 Å². The third-order valence-electron chi connectivity index (χ3n) is 9.81. The van der Waals surface area contributed by atoms with Crippen molar-refractivity contribution < 1.29 is 39.3 Å². The van der Waals surface area contributed by atoms with Gasteiger partial charge in [-0.25, -0.2) is 4.79 Å². The number of nitrogens with zero attached hydrogens (tertiary/aromatic N) is 1. The second kappa shape index (κ2) is 30.8. The minimum atomic E-state index is -3.27. The van der Waals surface area contributed by atoms with E-state index in [9.17, 15) is 39.3 Å². The number of amides is 2. The number of Topliss-reactive ketones (excluding diaryl/α,β-unsaturated/α-hetero) is 2. The molecular weight excluding hydrogens is 655 g/mol. The number of carboxylic acid groups (broad SMARTS) is 1. The highest BCUT2D eigenvalue weighted by Crippen LogP contribution is 2.25. The monoisotopic (exact) mass is 728 g/mol. The van der Waals surface area contributed by atoms with E-state index in [-0.39, 0.29) is 17.7 Å². The second-order valence-corrected chi connectivity index (χ2v) is 14.6. The van der Waals surface area contributed by atoms with Gasteiger partial charge in [-0.05, 0) is 12.8 Å². The number of imide groups is 1. The molecule has 0 aliphatic heterocycles. The Morgan fingerprint density at radius 1 is 0.580 bits per heavy atom. The number of unbranched alkanes of at least 4 members (excludes halogenated alkanes) is 24. The zero-order valence-electron chi connectivity index (χ0n) is 31.9. The summed E-state index contributed by atoms with van der Waals surface area (Å²) in [4.78, 5) is 64.8. The lowest BCUT2D eigenvalue weighted by atomic mass is 9.83. The Bertz CT molecular complexity index is 944. The molecule has 0 aromatic heterocycles. The Morgan fingerprint density at radius 3 is 1.20 bits per heavy atom. The summed E-state index contributed by atoms with van der Waals surface area (Å²) in [5, 5.41) is 32.2. The Labute approximate surface area is 309 Å². The number of hydrogen-bond acceptors (Lipinski definition) is 8. The molecule has 50 heavy (non-hydrogen) atoms. The Kier molecular flexibility index (Phi) is 29.7. The Morgan fingerprint density at radius 2 is 0.900 bits per heavy atom. The van der Waals surface area contributed by atoms with Crippen LogP contribution in [0.4, 0.5) is 0 Å². The van der Waals surface area contributed by atoms with Crippen LogP contribution < -0.4 is 0 Å². The molecule has 292 valence electrons. The first-order valence-corrected chi connectivity index (χ1v) is 20.8. The highest BCUT2D eigenvalue weighted by Gasteiger charge is 2.56. The van der Waals surface area contributed by atoms with Gasteiger partial charge in [0.25, 0.3) is 5.91 Å². The largest absolute Gasteiger partial charge is 0.480 e. The normalized spacial score (nSPS) is 13.8. The number of aliphatic hydroxyl groups is 2. The molecule has 2 amide bonds. The number of thiol groups is 1. The molecule has 10 heteroatoms. The molecule has 0 aromatic carbocycles. The first-order valence-electron chi connectivity index (χ1n) is 20.1. The standard InChI is InChI=1S/C40H73NO8S/c1-4-6-8-10-12-14-16-18-20-22-24-26-28-30-35(43)37(45)40(49,39(48)41(33(3)42)34(32-50)38(46)47)36(44)31-29-27-25-23-21-19-17-15-13-11-9-7-5-2/h34,37,45,49-50H,4-32H2,1-3H3,(H,46,47). The molecule has 0 aliphatic rings. The molecule has 0 saturated heterocycles. The van der Waals surface area contributed by atoms with Crippen LogP contribution in [0.5, 0.6) is 0 Å². The SMILES string of the molecule is CCCCCCCCCCCCCCCC(=O)C(O)C(O)(C(=O)CCCCCCCCCCCCCCC)C(=O)N(C(C)=O)C(CS)C(=O)O. The molecule has 0 fully saturated rings. The molecule has 0 radical (unpaired) electrons. The molecule has 0 heterocycles. The van der Waals surface area contributed by atoms with Gasteiger partial charge in [-0.1, -0.05) is 168 Å². The van der Waals surface area contributed by atoms with E-state index in [1.165, 1.54) is 96.3 Å². The Balaban J connectivity index is 5.05. The smallest absolute Gasteiger partial charge is 0.327 e. The lowest BCUT2D eigenvalue weighted by molar-refractivity contribution is -0.181. The maximum atomic E-state index is 13.6. The van der Waals surface area contributed by atoms with Crippen molar-refractivity contribution in [2.24, 2.45) is 0 Å². The quantitative estimate of drug-likeness (QED) is 0.0287. The molecule has 0 rings (SSSR count). The summed E-state index contributed by atoms with van der Waals surface area (Å²) in [5.41, 5.74) is -3.27. The van der Waals surface area contributed by atoms with Crippen molar-refractivity contribution in [2.75, 3.05) is 5.75 Å². The summed E-state index contributed by atoms with van der Waals surface area (Å²) in [5.74, 6) is -6.66. The topological polar surface area (TPSA) is 149 Å². The fraction of sp³-hybridized carbons (Fsp3) is 0.875. The van der Waals surface area contributed by atoms with E-state index in [2.05, 4.69) is 26.5 Å². The molecule has 0 saturated carbocycles. The van der Waals surface area contributed by atoms with Crippen LogP contribution in [0.3, 0.4) is 0 Å². The summed E-state index contributed by atoms with van der Waals surface area (Å²) in [6.45, 7) is 5.36. The highest BCUT2D eigenvalue weighted by molar-refractivity contribution is 7.80. The van der Waals surface area contributed by atoms with Crippen molar-refractivity contribution in [1.82, 2.24) is 4.90 Å². The summed E-state index contributed by atoms with van der Waals surface area (Å²) >= 11 is 3.95. The van der Waals surface area contributed by atoms with E-state index in [0.717, 1.165) is 58.3 Å². The fourth-order valence-corrected chi connectivity index (χ4v) is 6.85. The Hall–Kier alpha value is -1.78. The van der Waals surface area contributed by atoms with E-state index < -0.39 is 52.8 Å². The predicted octanol–water partition coefficient (Wildman–Crippen LogP) is 8.94. The van der Waals surface area contributed by atoms with E-state index in [1.807, 2.05) is 0 Å². The number of aliphatic carboxylic acids is 1. The lowest BCUT2D eigenvalue weighted by Crippen LogP contribution is -2.66. The van der Waals surface area contributed by atoms with Crippen LogP contribution in [0.1, 0.15) is 201 Å². The van der Waals surface area contributed by atoms with Gasteiger partial charge in [0.15, 0.2) is 17.7 Å². The maximum Gasteiger partial charge on any atom is 0.327 e. The van der Waals surface area contributed by atoms with Crippen LogP contribution >= 0.6 is 12.6 Å². The van der Waals surface area contributed by atoms with Crippen LogP contribution in [0.2, 0.25) is 0 Å². The van der Waals surface area contributed by atoms with Gasteiger partial charge in [-0.2, -0.15) is 12.6 Å². The molecule has 0 aliphatic carbocycles. The average Bonchev–Trinajstić information content (AvgIpc) is 3.09. The molecule has 0 aromatic rings.